The number of benzene rings is 1. The molecule has 1 amide bonds. The quantitative estimate of drug-likeness (QED) is 0.870. The number of thiophene rings is 1. The van der Waals surface area contributed by atoms with Gasteiger partial charge in [-0.1, -0.05) is 13.3 Å². The Kier molecular flexibility index (Phi) is 3.60. The second kappa shape index (κ2) is 5.52. The summed E-state index contributed by atoms with van der Waals surface area (Å²) < 4.78 is 6.66. The zero-order chi connectivity index (χ0) is 16.0. The molecular weight excluding hydrogens is 306 g/mol. The first-order valence-electron chi connectivity index (χ1n) is 8.62. The molecule has 2 aromatic rings. The molecule has 4 heteroatoms. The summed E-state index contributed by atoms with van der Waals surface area (Å²) >= 11 is 1.56. The lowest BCUT2D eigenvalue weighted by molar-refractivity contribution is 0.0630. The zero-order valence-corrected chi connectivity index (χ0v) is 14.5. The molecule has 2 atom stereocenters. The van der Waals surface area contributed by atoms with E-state index in [2.05, 4.69) is 12.2 Å². The third-order valence-corrected chi connectivity index (χ3v) is 6.63. The van der Waals surface area contributed by atoms with Crippen LogP contribution in [0.5, 0.6) is 5.75 Å². The molecule has 0 bridgehead atoms. The summed E-state index contributed by atoms with van der Waals surface area (Å²) in [5, 5.41) is 4.44. The van der Waals surface area contributed by atoms with E-state index >= 15 is 0 Å². The summed E-state index contributed by atoms with van der Waals surface area (Å²) in [4.78, 5) is 13.5. The SMILES string of the molecule is CCOc1ccc2cc(C(=O)NC3C(CC)CC34CC4)sc2c1. The lowest BCUT2D eigenvalue weighted by atomic mass is 9.65. The summed E-state index contributed by atoms with van der Waals surface area (Å²) in [6, 6.07) is 8.43. The lowest BCUT2D eigenvalue weighted by Gasteiger charge is -2.46. The van der Waals surface area contributed by atoms with Crippen LogP contribution in [0.4, 0.5) is 0 Å². The Hall–Kier alpha value is -1.55. The third kappa shape index (κ3) is 2.53. The van der Waals surface area contributed by atoms with Gasteiger partial charge in [-0.25, -0.2) is 0 Å². The molecule has 0 saturated heterocycles. The predicted molar refractivity (Wildman–Crippen MR) is 94.3 cm³/mol. The fraction of sp³-hybridized carbons (Fsp3) is 0.526. The Labute approximate surface area is 141 Å². The van der Waals surface area contributed by atoms with Crippen molar-refractivity contribution in [2.24, 2.45) is 11.3 Å². The summed E-state index contributed by atoms with van der Waals surface area (Å²) in [5.41, 5.74) is 0.454. The van der Waals surface area contributed by atoms with E-state index in [0.717, 1.165) is 27.1 Å². The van der Waals surface area contributed by atoms with Crippen LogP contribution in [0.2, 0.25) is 0 Å². The Balaban J connectivity index is 1.53. The number of carbonyl (C=O) groups is 1. The number of carbonyl (C=O) groups excluding carboxylic acids is 1. The Morgan fingerprint density at radius 3 is 2.87 bits per heavy atom. The molecular formula is C19H23NO2S. The second-order valence-corrected chi connectivity index (χ2v) is 8.01. The minimum absolute atomic E-state index is 0.0959. The normalized spacial score (nSPS) is 24.4. The molecule has 2 aliphatic rings. The van der Waals surface area contributed by atoms with Gasteiger partial charge in [-0.2, -0.15) is 0 Å². The number of hydrogen-bond acceptors (Lipinski definition) is 3. The molecule has 1 spiro atoms. The van der Waals surface area contributed by atoms with Crippen LogP contribution in [0.15, 0.2) is 24.3 Å². The standard InChI is InChI=1S/C19H23NO2S/c1-3-12-11-19(7-8-19)17(12)20-18(21)16-9-13-5-6-14(22-4-2)10-15(13)23-16/h5-6,9-10,12,17H,3-4,7-8,11H2,1-2H3,(H,20,21). The predicted octanol–water partition coefficient (Wildman–Crippen LogP) is 4.61. The Morgan fingerprint density at radius 2 is 2.17 bits per heavy atom. The fourth-order valence-corrected chi connectivity index (χ4v) is 5.02. The maximum Gasteiger partial charge on any atom is 0.261 e. The highest BCUT2D eigenvalue weighted by Crippen LogP contribution is 2.64. The van der Waals surface area contributed by atoms with E-state index < -0.39 is 0 Å². The van der Waals surface area contributed by atoms with Crippen molar-refractivity contribution in [3.63, 3.8) is 0 Å². The Morgan fingerprint density at radius 1 is 1.35 bits per heavy atom. The number of rotatable bonds is 5. The number of fused-ring (bicyclic) bond motifs is 1. The second-order valence-electron chi connectivity index (χ2n) is 6.93. The largest absolute Gasteiger partial charge is 0.494 e. The van der Waals surface area contributed by atoms with Gasteiger partial charge in [0.1, 0.15) is 5.75 Å². The van der Waals surface area contributed by atoms with Crippen LogP contribution in [-0.4, -0.2) is 18.6 Å². The van der Waals surface area contributed by atoms with Gasteiger partial charge in [0.15, 0.2) is 0 Å². The first kappa shape index (κ1) is 15.0. The van der Waals surface area contributed by atoms with Crippen LogP contribution in [0.25, 0.3) is 10.1 Å². The summed E-state index contributed by atoms with van der Waals surface area (Å²) in [6.45, 7) is 4.87. The van der Waals surface area contributed by atoms with Crippen molar-refractivity contribution in [3.8, 4) is 5.75 Å². The number of ether oxygens (including phenoxy) is 1. The van der Waals surface area contributed by atoms with E-state index in [1.165, 1.54) is 19.3 Å². The van der Waals surface area contributed by atoms with Crippen molar-refractivity contribution < 1.29 is 9.53 Å². The monoisotopic (exact) mass is 329 g/mol. The van der Waals surface area contributed by atoms with Gasteiger partial charge >= 0.3 is 0 Å². The molecule has 1 heterocycles. The molecule has 23 heavy (non-hydrogen) atoms. The molecule has 0 aliphatic heterocycles. The van der Waals surface area contributed by atoms with Crippen molar-refractivity contribution in [2.75, 3.05) is 6.61 Å². The maximum absolute atomic E-state index is 12.7. The maximum atomic E-state index is 12.7. The van der Waals surface area contributed by atoms with E-state index in [4.69, 9.17) is 4.74 Å². The summed E-state index contributed by atoms with van der Waals surface area (Å²) in [7, 11) is 0. The Bertz CT molecular complexity index is 747. The van der Waals surface area contributed by atoms with Gasteiger partial charge in [-0.3, -0.25) is 4.79 Å². The molecule has 3 nitrogen and oxygen atoms in total. The van der Waals surface area contributed by atoms with Gasteiger partial charge in [-0.15, -0.1) is 11.3 Å². The zero-order valence-electron chi connectivity index (χ0n) is 13.7. The minimum atomic E-state index is 0.0959. The average Bonchev–Trinajstić information content (AvgIpc) is 3.25. The highest BCUT2D eigenvalue weighted by atomic mass is 32.1. The fourth-order valence-electron chi connectivity index (χ4n) is 4.03. The smallest absolute Gasteiger partial charge is 0.261 e. The molecule has 2 fully saturated rings. The van der Waals surface area contributed by atoms with Gasteiger partial charge in [0.05, 0.1) is 11.5 Å². The number of amides is 1. The summed E-state index contributed by atoms with van der Waals surface area (Å²) in [6.07, 6.45) is 5.05. The topological polar surface area (TPSA) is 38.3 Å². The van der Waals surface area contributed by atoms with Crippen LogP contribution >= 0.6 is 11.3 Å². The van der Waals surface area contributed by atoms with Gasteiger partial charge in [0.25, 0.3) is 5.91 Å². The van der Waals surface area contributed by atoms with Crippen molar-refractivity contribution in [1.82, 2.24) is 5.32 Å². The van der Waals surface area contributed by atoms with Crippen LogP contribution in [-0.2, 0) is 0 Å². The van der Waals surface area contributed by atoms with Gasteiger partial charge in [-0.05, 0) is 67.2 Å². The van der Waals surface area contributed by atoms with Crippen molar-refractivity contribution in [1.29, 1.82) is 0 Å². The van der Waals surface area contributed by atoms with Gasteiger partial charge in [0, 0.05) is 10.7 Å². The first-order valence-corrected chi connectivity index (χ1v) is 9.44. The summed E-state index contributed by atoms with van der Waals surface area (Å²) in [5.74, 6) is 1.63. The molecule has 1 aromatic heterocycles. The van der Waals surface area contributed by atoms with E-state index in [0.29, 0.717) is 24.0 Å². The molecule has 2 saturated carbocycles. The van der Waals surface area contributed by atoms with Crippen LogP contribution < -0.4 is 10.1 Å². The van der Waals surface area contributed by atoms with Crippen LogP contribution in [0.1, 0.15) is 49.2 Å². The van der Waals surface area contributed by atoms with Crippen molar-refractivity contribution in [2.45, 2.75) is 45.6 Å². The average molecular weight is 329 g/mol. The molecule has 2 aliphatic carbocycles. The van der Waals surface area contributed by atoms with E-state index in [1.807, 2.05) is 31.2 Å². The molecule has 2 unspecified atom stereocenters. The van der Waals surface area contributed by atoms with E-state index in [9.17, 15) is 4.79 Å². The van der Waals surface area contributed by atoms with Crippen LogP contribution in [0, 0.1) is 11.3 Å². The number of hydrogen-bond donors (Lipinski definition) is 1. The molecule has 0 radical (unpaired) electrons. The molecule has 122 valence electrons. The highest BCUT2D eigenvalue weighted by molar-refractivity contribution is 7.20. The first-order chi connectivity index (χ1) is 11.1. The third-order valence-electron chi connectivity index (χ3n) is 5.53. The molecule has 1 aromatic carbocycles. The number of nitrogens with one attached hydrogen (secondary N) is 1. The molecule has 4 rings (SSSR count). The van der Waals surface area contributed by atoms with E-state index in [-0.39, 0.29) is 5.91 Å². The highest BCUT2D eigenvalue weighted by Gasteiger charge is 2.60. The van der Waals surface area contributed by atoms with Crippen molar-refractivity contribution >= 4 is 27.3 Å². The van der Waals surface area contributed by atoms with Gasteiger partial charge < -0.3 is 10.1 Å². The van der Waals surface area contributed by atoms with Crippen LogP contribution in [0.3, 0.4) is 0 Å². The van der Waals surface area contributed by atoms with E-state index in [1.54, 1.807) is 11.3 Å². The van der Waals surface area contributed by atoms with Gasteiger partial charge in [0.2, 0.25) is 0 Å². The molecule has 1 N–H and O–H groups in total. The lowest BCUT2D eigenvalue weighted by Crippen LogP contribution is -2.54. The van der Waals surface area contributed by atoms with Crippen molar-refractivity contribution in [3.05, 3.63) is 29.1 Å². The minimum Gasteiger partial charge on any atom is -0.494 e.